The van der Waals surface area contributed by atoms with Crippen molar-refractivity contribution in [1.82, 2.24) is 10.2 Å². The van der Waals surface area contributed by atoms with E-state index in [9.17, 15) is 9.59 Å². The number of nitrogens with zero attached hydrogens (tertiary/aromatic N) is 1. The molecule has 0 bridgehead atoms. The van der Waals surface area contributed by atoms with Crippen LogP contribution in [0.2, 0.25) is 0 Å². The Labute approximate surface area is 121 Å². The van der Waals surface area contributed by atoms with E-state index in [0.717, 1.165) is 28.7 Å². The monoisotopic (exact) mass is 294 g/mol. The fourth-order valence-corrected chi connectivity index (χ4v) is 2.79. The molecule has 1 heterocycles. The molecule has 1 aromatic rings. The fraction of sp³-hybridized carbons (Fsp3) is 0.429. The normalized spacial score (nSPS) is 14.9. The molecule has 0 saturated heterocycles. The van der Waals surface area contributed by atoms with E-state index < -0.39 is 5.97 Å². The number of thiophene rings is 1. The second-order valence-corrected chi connectivity index (χ2v) is 6.19. The Hall–Kier alpha value is -1.66. The molecule has 6 heteroatoms. The summed E-state index contributed by atoms with van der Waals surface area (Å²) in [5.41, 5.74) is 0. The summed E-state index contributed by atoms with van der Waals surface area (Å²) in [6.45, 7) is 1.07. The average molecular weight is 294 g/mol. The number of hydrogen-bond donors (Lipinski definition) is 2. The third-order valence-electron chi connectivity index (χ3n) is 2.85. The second-order valence-electron chi connectivity index (χ2n) is 4.99. The van der Waals surface area contributed by atoms with Gasteiger partial charge in [-0.2, -0.15) is 0 Å². The molecule has 1 aliphatic carbocycles. The van der Waals surface area contributed by atoms with E-state index in [1.807, 2.05) is 24.1 Å². The summed E-state index contributed by atoms with van der Waals surface area (Å²) < 4.78 is 0. The van der Waals surface area contributed by atoms with Gasteiger partial charge < -0.3 is 10.4 Å². The van der Waals surface area contributed by atoms with Crippen LogP contribution in [0.3, 0.4) is 0 Å². The molecule has 1 aromatic heterocycles. The second kappa shape index (κ2) is 6.67. The van der Waals surface area contributed by atoms with Crippen molar-refractivity contribution in [3.05, 3.63) is 28.0 Å². The third kappa shape index (κ3) is 5.14. The van der Waals surface area contributed by atoms with Gasteiger partial charge in [0.1, 0.15) is 0 Å². The Morgan fingerprint density at radius 3 is 2.90 bits per heavy atom. The third-order valence-corrected chi connectivity index (χ3v) is 3.89. The summed E-state index contributed by atoms with van der Waals surface area (Å²) in [5.74, 6) is -0.883. The van der Waals surface area contributed by atoms with Crippen LogP contribution in [-0.4, -0.2) is 41.5 Å². The van der Waals surface area contributed by atoms with Crippen molar-refractivity contribution in [2.75, 3.05) is 13.6 Å². The Morgan fingerprint density at radius 2 is 2.25 bits per heavy atom. The number of carboxylic acid groups (broad SMARTS) is 1. The van der Waals surface area contributed by atoms with Crippen molar-refractivity contribution >= 4 is 29.3 Å². The van der Waals surface area contributed by atoms with Gasteiger partial charge >= 0.3 is 5.97 Å². The largest absolute Gasteiger partial charge is 0.478 e. The molecular formula is C14H18N2O3S. The van der Waals surface area contributed by atoms with Crippen LogP contribution < -0.4 is 5.32 Å². The highest BCUT2D eigenvalue weighted by atomic mass is 32.1. The molecule has 2 rings (SSSR count). The number of amides is 1. The lowest BCUT2D eigenvalue weighted by atomic mass is 10.3. The quantitative estimate of drug-likeness (QED) is 0.749. The first-order valence-electron chi connectivity index (χ1n) is 6.50. The molecule has 0 unspecified atom stereocenters. The number of nitrogens with one attached hydrogen (secondary N) is 1. The number of carbonyl (C=O) groups is 2. The average Bonchev–Trinajstić information content (AvgIpc) is 3.04. The summed E-state index contributed by atoms with van der Waals surface area (Å²) in [6, 6.07) is 4.24. The highest BCUT2D eigenvalue weighted by Crippen LogP contribution is 2.20. The van der Waals surface area contributed by atoms with Gasteiger partial charge in [0, 0.05) is 28.4 Å². The van der Waals surface area contributed by atoms with E-state index >= 15 is 0 Å². The maximum Gasteiger partial charge on any atom is 0.328 e. The minimum Gasteiger partial charge on any atom is -0.478 e. The maximum absolute atomic E-state index is 11.7. The van der Waals surface area contributed by atoms with Crippen molar-refractivity contribution in [3.63, 3.8) is 0 Å². The molecule has 20 heavy (non-hydrogen) atoms. The van der Waals surface area contributed by atoms with Gasteiger partial charge in [0.05, 0.1) is 6.54 Å². The number of likely N-dealkylation sites (N-methyl/N-ethyl adjacent to an activating group) is 1. The van der Waals surface area contributed by atoms with Crippen molar-refractivity contribution in [2.24, 2.45) is 0 Å². The van der Waals surface area contributed by atoms with Crippen LogP contribution in [0.4, 0.5) is 0 Å². The van der Waals surface area contributed by atoms with Crippen LogP contribution in [0.15, 0.2) is 18.2 Å². The molecule has 1 saturated carbocycles. The zero-order chi connectivity index (χ0) is 14.5. The molecular weight excluding hydrogens is 276 g/mol. The molecule has 0 aliphatic heterocycles. The summed E-state index contributed by atoms with van der Waals surface area (Å²) in [5, 5.41) is 11.5. The summed E-state index contributed by atoms with van der Waals surface area (Å²) >= 11 is 1.53. The van der Waals surface area contributed by atoms with Crippen LogP contribution in [0, 0.1) is 0 Å². The van der Waals surface area contributed by atoms with E-state index in [4.69, 9.17) is 5.11 Å². The molecule has 0 radical (unpaired) electrons. The number of hydrogen-bond acceptors (Lipinski definition) is 4. The van der Waals surface area contributed by atoms with Gasteiger partial charge in [-0.1, -0.05) is 0 Å². The van der Waals surface area contributed by atoms with E-state index in [-0.39, 0.29) is 5.91 Å². The highest BCUT2D eigenvalue weighted by Gasteiger charge is 2.23. The number of carboxylic acids is 1. The lowest BCUT2D eigenvalue weighted by Crippen LogP contribution is -2.35. The van der Waals surface area contributed by atoms with Gasteiger partial charge in [-0.15, -0.1) is 11.3 Å². The Balaban J connectivity index is 1.79. The lowest BCUT2D eigenvalue weighted by Gasteiger charge is -2.14. The van der Waals surface area contributed by atoms with Crippen molar-refractivity contribution in [1.29, 1.82) is 0 Å². The summed E-state index contributed by atoms with van der Waals surface area (Å²) in [7, 11) is 1.90. The topological polar surface area (TPSA) is 69.6 Å². The molecule has 2 N–H and O–H groups in total. The van der Waals surface area contributed by atoms with Crippen molar-refractivity contribution < 1.29 is 14.7 Å². The van der Waals surface area contributed by atoms with E-state index in [2.05, 4.69) is 5.32 Å². The maximum atomic E-state index is 11.7. The zero-order valence-corrected chi connectivity index (χ0v) is 12.2. The van der Waals surface area contributed by atoms with Gasteiger partial charge in [-0.25, -0.2) is 4.79 Å². The molecule has 5 nitrogen and oxygen atoms in total. The number of rotatable bonds is 7. The van der Waals surface area contributed by atoms with Gasteiger partial charge in [-0.3, -0.25) is 9.69 Å². The molecule has 1 fully saturated rings. The first-order chi connectivity index (χ1) is 9.52. The van der Waals surface area contributed by atoms with Crippen LogP contribution in [0.25, 0.3) is 6.08 Å². The predicted octanol–water partition coefficient (Wildman–Crippen LogP) is 1.56. The number of carbonyl (C=O) groups excluding carboxylic acids is 1. The first kappa shape index (κ1) is 14.7. The Kier molecular flexibility index (Phi) is 4.92. The smallest absolute Gasteiger partial charge is 0.328 e. The van der Waals surface area contributed by atoms with Gasteiger partial charge in [-0.05, 0) is 38.1 Å². The van der Waals surface area contributed by atoms with Crippen LogP contribution in [0.1, 0.15) is 22.6 Å². The Bertz CT molecular complexity index is 520. The standard InChI is InChI=1S/C14H18N2O3S/c1-16(9-13(17)15-10-2-3-10)8-12-5-4-11(20-12)6-7-14(18)19/h4-7,10H,2-3,8-9H2,1H3,(H,15,17)(H,18,19). The van der Waals surface area contributed by atoms with E-state index in [0.29, 0.717) is 19.1 Å². The minimum atomic E-state index is -0.950. The van der Waals surface area contributed by atoms with Gasteiger partial charge in [0.25, 0.3) is 0 Å². The molecule has 1 aliphatic rings. The van der Waals surface area contributed by atoms with Crippen LogP contribution >= 0.6 is 11.3 Å². The molecule has 1 amide bonds. The van der Waals surface area contributed by atoms with Gasteiger partial charge in [0.15, 0.2) is 0 Å². The van der Waals surface area contributed by atoms with E-state index in [1.165, 1.54) is 11.3 Å². The highest BCUT2D eigenvalue weighted by molar-refractivity contribution is 7.12. The first-order valence-corrected chi connectivity index (χ1v) is 7.32. The number of aliphatic carboxylic acids is 1. The predicted molar refractivity (Wildman–Crippen MR) is 78.5 cm³/mol. The SMILES string of the molecule is CN(CC(=O)NC1CC1)Cc1ccc(C=CC(=O)O)s1. The molecule has 0 spiro atoms. The zero-order valence-electron chi connectivity index (χ0n) is 11.3. The molecule has 0 atom stereocenters. The summed E-state index contributed by atoms with van der Waals surface area (Å²) in [6.07, 6.45) is 4.90. The Morgan fingerprint density at radius 1 is 1.50 bits per heavy atom. The van der Waals surface area contributed by atoms with Gasteiger partial charge in [0.2, 0.25) is 5.91 Å². The minimum absolute atomic E-state index is 0.0672. The molecule has 108 valence electrons. The molecule has 0 aromatic carbocycles. The van der Waals surface area contributed by atoms with Crippen LogP contribution in [0.5, 0.6) is 0 Å². The lowest BCUT2D eigenvalue weighted by molar-refractivity contribution is -0.131. The van der Waals surface area contributed by atoms with E-state index in [1.54, 1.807) is 6.08 Å². The fourth-order valence-electron chi connectivity index (χ4n) is 1.79. The van der Waals surface area contributed by atoms with Crippen molar-refractivity contribution in [2.45, 2.75) is 25.4 Å². The van der Waals surface area contributed by atoms with Crippen molar-refractivity contribution in [3.8, 4) is 0 Å². The van der Waals surface area contributed by atoms with Crippen LogP contribution in [-0.2, 0) is 16.1 Å². The summed E-state index contributed by atoms with van der Waals surface area (Å²) in [4.78, 5) is 26.0.